The molecular weight excluding hydrogens is 254 g/mol. The van der Waals surface area contributed by atoms with Gasteiger partial charge in [0.1, 0.15) is 4.90 Å². The van der Waals surface area contributed by atoms with Crippen molar-refractivity contribution in [2.75, 3.05) is 10.5 Å². The Morgan fingerprint density at radius 2 is 2.11 bits per heavy atom. The number of anilines is 2. The molecule has 2 aromatic heterocycles. The molecule has 7 nitrogen and oxygen atoms in total. The molecule has 0 bridgehead atoms. The predicted octanol–water partition coefficient (Wildman–Crippen LogP) is 0.805. The van der Waals surface area contributed by atoms with Crippen molar-refractivity contribution in [2.45, 2.75) is 18.7 Å². The molecule has 8 heteroatoms. The highest BCUT2D eigenvalue weighted by Gasteiger charge is 2.23. The molecule has 4 N–H and O–H groups in total. The average Bonchev–Trinajstić information content (AvgIpc) is 2.62. The minimum absolute atomic E-state index is 0.109. The molecule has 0 amide bonds. The molecule has 0 aliphatic carbocycles. The van der Waals surface area contributed by atoms with Gasteiger partial charge in [-0.25, -0.2) is 13.4 Å². The summed E-state index contributed by atoms with van der Waals surface area (Å²) in [7, 11) is -3.74. The monoisotopic (exact) mass is 267 g/mol. The number of aromatic amines is 1. The lowest BCUT2D eigenvalue weighted by atomic mass is 10.4. The van der Waals surface area contributed by atoms with Crippen LogP contribution in [0.1, 0.15) is 11.4 Å². The van der Waals surface area contributed by atoms with E-state index in [1.54, 1.807) is 26.0 Å². The zero-order chi connectivity index (χ0) is 13.3. The van der Waals surface area contributed by atoms with Gasteiger partial charge in [-0.15, -0.1) is 0 Å². The molecule has 0 aromatic carbocycles. The fourth-order valence-electron chi connectivity index (χ4n) is 1.62. The van der Waals surface area contributed by atoms with Crippen LogP contribution in [0.5, 0.6) is 0 Å². The second-order valence-corrected chi connectivity index (χ2v) is 5.43. The summed E-state index contributed by atoms with van der Waals surface area (Å²) < 4.78 is 26.7. The number of H-pyrrole nitrogens is 1. The van der Waals surface area contributed by atoms with Gasteiger partial charge < -0.3 is 5.73 Å². The van der Waals surface area contributed by atoms with Gasteiger partial charge in [-0.2, -0.15) is 5.10 Å². The highest BCUT2D eigenvalue weighted by molar-refractivity contribution is 7.92. The molecule has 0 spiro atoms. The first kappa shape index (κ1) is 12.4. The third-order valence-electron chi connectivity index (χ3n) is 2.40. The SMILES string of the molecule is Cc1n[nH]c(C)c1S(=O)(=O)Nc1ncccc1N. The molecule has 2 aromatic rings. The summed E-state index contributed by atoms with van der Waals surface area (Å²) in [6, 6.07) is 3.20. The summed E-state index contributed by atoms with van der Waals surface area (Å²) in [5.41, 5.74) is 6.77. The van der Waals surface area contributed by atoms with Crippen LogP contribution in [0.25, 0.3) is 0 Å². The fraction of sp³-hybridized carbons (Fsp3) is 0.200. The van der Waals surface area contributed by atoms with Crippen LogP contribution in [0, 0.1) is 13.8 Å². The standard InChI is InChI=1S/C10H13N5O2S/c1-6-9(7(2)14-13-6)18(16,17)15-10-8(11)4-3-5-12-10/h3-5H,11H2,1-2H3,(H,12,15)(H,13,14). The lowest BCUT2D eigenvalue weighted by Crippen LogP contribution is -2.16. The average molecular weight is 267 g/mol. The second-order valence-electron chi connectivity index (χ2n) is 3.81. The molecule has 0 saturated heterocycles. The number of sulfonamides is 1. The van der Waals surface area contributed by atoms with Crippen LogP contribution in [0.4, 0.5) is 11.5 Å². The van der Waals surface area contributed by atoms with E-state index in [1.165, 1.54) is 6.20 Å². The third kappa shape index (κ3) is 2.14. The van der Waals surface area contributed by atoms with Gasteiger partial charge in [0.2, 0.25) is 0 Å². The van der Waals surface area contributed by atoms with Gasteiger partial charge in [-0.3, -0.25) is 9.82 Å². The highest BCUT2D eigenvalue weighted by atomic mass is 32.2. The Bertz CT molecular complexity index is 658. The smallest absolute Gasteiger partial charge is 0.266 e. The maximum absolute atomic E-state index is 12.2. The number of nitrogens with one attached hydrogen (secondary N) is 2. The minimum Gasteiger partial charge on any atom is -0.396 e. The number of hydrogen-bond acceptors (Lipinski definition) is 5. The molecule has 0 saturated carbocycles. The van der Waals surface area contributed by atoms with Crippen LogP contribution in [0.15, 0.2) is 23.2 Å². The Morgan fingerprint density at radius 3 is 2.67 bits per heavy atom. The molecule has 18 heavy (non-hydrogen) atoms. The minimum atomic E-state index is -3.74. The maximum atomic E-state index is 12.2. The first-order valence-corrected chi connectivity index (χ1v) is 6.65. The molecular formula is C10H13N5O2S. The zero-order valence-corrected chi connectivity index (χ0v) is 10.7. The largest absolute Gasteiger partial charge is 0.396 e. The number of aryl methyl sites for hydroxylation is 2. The van der Waals surface area contributed by atoms with Gasteiger partial charge in [0.05, 0.1) is 17.1 Å². The fourth-order valence-corrected chi connectivity index (χ4v) is 3.03. The van der Waals surface area contributed by atoms with Crippen molar-refractivity contribution in [3.8, 4) is 0 Å². The number of nitrogens with two attached hydrogens (primary N) is 1. The van der Waals surface area contributed by atoms with E-state index in [9.17, 15) is 8.42 Å². The van der Waals surface area contributed by atoms with E-state index in [2.05, 4.69) is 19.9 Å². The van der Waals surface area contributed by atoms with Crippen molar-refractivity contribution in [1.82, 2.24) is 15.2 Å². The van der Waals surface area contributed by atoms with Crippen LogP contribution in [-0.4, -0.2) is 23.6 Å². The Labute approximate surface area is 104 Å². The maximum Gasteiger partial charge on any atom is 0.266 e. The number of rotatable bonds is 3. The van der Waals surface area contributed by atoms with Crippen molar-refractivity contribution in [3.63, 3.8) is 0 Å². The number of nitrogen functional groups attached to an aromatic ring is 1. The quantitative estimate of drug-likeness (QED) is 0.761. The normalized spacial score (nSPS) is 11.4. The van der Waals surface area contributed by atoms with Gasteiger partial charge in [0.25, 0.3) is 10.0 Å². The summed E-state index contributed by atoms with van der Waals surface area (Å²) in [6.45, 7) is 3.25. The van der Waals surface area contributed by atoms with Crippen molar-refractivity contribution < 1.29 is 8.42 Å². The van der Waals surface area contributed by atoms with Gasteiger partial charge >= 0.3 is 0 Å². The molecule has 96 valence electrons. The number of aromatic nitrogens is 3. The van der Waals surface area contributed by atoms with Crippen molar-refractivity contribution in [2.24, 2.45) is 0 Å². The Kier molecular flexibility index (Phi) is 2.95. The molecule has 2 rings (SSSR count). The van der Waals surface area contributed by atoms with Crippen LogP contribution >= 0.6 is 0 Å². The topological polar surface area (TPSA) is 114 Å². The summed E-state index contributed by atoms with van der Waals surface area (Å²) in [4.78, 5) is 4.00. The lowest BCUT2D eigenvalue weighted by Gasteiger charge is -2.08. The predicted molar refractivity (Wildman–Crippen MR) is 67.5 cm³/mol. The molecule has 0 aliphatic rings. The first-order valence-electron chi connectivity index (χ1n) is 5.16. The van der Waals surface area contributed by atoms with E-state index < -0.39 is 10.0 Å². The van der Waals surface area contributed by atoms with Crippen LogP contribution in [0.3, 0.4) is 0 Å². The van der Waals surface area contributed by atoms with Gasteiger partial charge in [-0.1, -0.05) is 0 Å². The summed E-state index contributed by atoms with van der Waals surface area (Å²) in [6.07, 6.45) is 1.46. The van der Waals surface area contributed by atoms with Crippen molar-refractivity contribution in [1.29, 1.82) is 0 Å². The van der Waals surface area contributed by atoms with E-state index in [0.29, 0.717) is 11.4 Å². The van der Waals surface area contributed by atoms with Crippen molar-refractivity contribution in [3.05, 3.63) is 29.7 Å². The summed E-state index contributed by atoms with van der Waals surface area (Å²) in [5, 5.41) is 6.47. The molecule has 0 atom stereocenters. The Hall–Kier alpha value is -2.09. The molecule has 0 radical (unpaired) electrons. The van der Waals surface area contributed by atoms with E-state index >= 15 is 0 Å². The third-order valence-corrected chi connectivity index (χ3v) is 4.00. The Balaban J connectivity index is 2.43. The van der Waals surface area contributed by atoms with Gasteiger partial charge in [-0.05, 0) is 26.0 Å². The number of hydrogen-bond donors (Lipinski definition) is 3. The van der Waals surface area contributed by atoms with E-state index in [0.717, 1.165) is 0 Å². The Morgan fingerprint density at radius 1 is 1.39 bits per heavy atom. The molecule has 0 fully saturated rings. The molecule has 0 unspecified atom stereocenters. The van der Waals surface area contributed by atoms with E-state index in [1.807, 2.05) is 0 Å². The van der Waals surface area contributed by atoms with E-state index in [-0.39, 0.29) is 16.4 Å². The summed E-state index contributed by atoms with van der Waals surface area (Å²) in [5.74, 6) is 0.109. The molecule has 2 heterocycles. The van der Waals surface area contributed by atoms with E-state index in [4.69, 9.17) is 5.73 Å². The zero-order valence-electron chi connectivity index (χ0n) is 9.93. The lowest BCUT2D eigenvalue weighted by molar-refractivity contribution is 0.600. The molecule has 0 aliphatic heterocycles. The van der Waals surface area contributed by atoms with Gasteiger partial charge in [0, 0.05) is 6.20 Å². The van der Waals surface area contributed by atoms with Gasteiger partial charge in [0.15, 0.2) is 5.82 Å². The highest BCUT2D eigenvalue weighted by Crippen LogP contribution is 2.22. The van der Waals surface area contributed by atoms with Crippen LogP contribution in [0.2, 0.25) is 0 Å². The summed E-state index contributed by atoms with van der Waals surface area (Å²) >= 11 is 0. The van der Waals surface area contributed by atoms with Crippen LogP contribution in [-0.2, 0) is 10.0 Å². The number of nitrogens with zero attached hydrogens (tertiary/aromatic N) is 2. The first-order chi connectivity index (χ1) is 8.42. The van der Waals surface area contributed by atoms with Crippen LogP contribution < -0.4 is 10.5 Å². The van der Waals surface area contributed by atoms with Crippen molar-refractivity contribution >= 4 is 21.5 Å². The number of pyridine rings is 1. The second kappa shape index (κ2) is 4.30.